The lowest BCUT2D eigenvalue weighted by molar-refractivity contribution is 0.00578. The molecule has 0 aromatic heterocycles. The number of alkyl halides is 1. The fourth-order valence-electron chi connectivity index (χ4n) is 3.63. The molecule has 2 saturated heterocycles. The second-order valence-corrected chi connectivity index (χ2v) is 10.6. The lowest BCUT2D eigenvalue weighted by atomic mass is 9.77. The summed E-state index contributed by atoms with van der Waals surface area (Å²) in [6, 6.07) is 4.60. The van der Waals surface area contributed by atoms with Crippen LogP contribution in [-0.2, 0) is 14.0 Å². The largest absolute Gasteiger partial charge is 0.494 e. The van der Waals surface area contributed by atoms with Gasteiger partial charge in [-0.05, 0) is 72.5 Å². The van der Waals surface area contributed by atoms with Gasteiger partial charge in [0.15, 0.2) is 0 Å². The predicted molar refractivity (Wildman–Crippen MR) is 121 cm³/mol. The molecule has 2 amide bonds. The standard InChI is InChI=1S/C23H34BFN2O5/c1-14-9-10-15(24-31-22(5,6)23(7,8)32-24)11-16(14)19(28)26-18-13-27(12-17(18)25)20(29)30-21(2,3)4/h9-11,17-18H,12-13H2,1-8H3,(H,26,28)/t17-,18+/m0/s1. The third-order valence-corrected chi connectivity index (χ3v) is 6.25. The maximum absolute atomic E-state index is 14.6. The lowest BCUT2D eigenvalue weighted by Crippen LogP contribution is -2.43. The summed E-state index contributed by atoms with van der Waals surface area (Å²) in [7, 11) is -0.602. The van der Waals surface area contributed by atoms with Gasteiger partial charge in [0, 0.05) is 12.1 Å². The van der Waals surface area contributed by atoms with Crippen LogP contribution in [0, 0.1) is 6.92 Å². The number of amides is 2. The highest BCUT2D eigenvalue weighted by atomic mass is 19.1. The van der Waals surface area contributed by atoms with Crippen molar-refractivity contribution in [3.8, 4) is 0 Å². The summed E-state index contributed by atoms with van der Waals surface area (Å²) in [4.78, 5) is 26.5. The number of nitrogens with zero attached hydrogens (tertiary/aromatic N) is 1. The van der Waals surface area contributed by atoms with Crippen molar-refractivity contribution < 1.29 is 28.0 Å². The minimum Gasteiger partial charge on any atom is -0.444 e. The number of likely N-dealkylation sites (tertiary alicyclic amines) is 1. The highest BCUT2D eigenvalue weighted by molar-refractivity contribution is 6.62. The van der Waals surface area contributed by atoms with Crippen LogP contribution in [0.1, 0.15) is 64.4 Å². The van der Waals surface area contributed by atoms with E-state index in [1.165, 1.54) is 4.90 Å². The lowest BCUT2D eigenvalue weighted by Gasteiger charge is -2.32. The molecule has 32 heavy (non-hydrogen) atoms. The fraction of sp³-hybridized carbons (Fsp3) is 0.652. The molecule has 2 atom stereocenters. The molecule has 0 aliphatic carbocycles. The molecule has 0 saturated carbocycles. The van der Waals surface area contributed by atoms with E-state index in [0.29, 0.717) is 5.56 Å². The summed E-state index contributed by atoms with van der Waals surface area (Å²) in [5.41, 5.74) is 0.219. The third-order valence-electron chi connectivity index (χ3n) is 6.25. The van der Waals surface area contributed by atoms with E-state index < -0.39 is 48.1 Å². The fourth-order valence-corrected chi connectivity index (χ4v) is 3.63. The van der Waals surface area contributed by atoms with Gasteiger partial charge in [-0.1, -0.05) is 12.1 Å². The zero-order valence-electron chi connectivity index (χ0n) is 20.2. The van der Waals surface area contributed by atoms with E-state index in [1.807, 2.05) is 46.8 Å². The Morgan fingerprint density at radius 3 is 2.31 bits per heavy atom. The van der Waals surface area contributed by atoms with Crippen molar-refractivity contribution in [3.63, 3.8) is 0 Å². The molecule has 0 unspecified atom stereocenters. The molecule has 0 radical (unpaired) electrons. The molecule has 1 aromatic carbocycles. The van der Waals surface area contributed by atoms with Crippen LogP contribution in [0.15, 0.2) is 18.2 Å². The van der Waals surface area contributed by atoms with Gasteiger partial charge >= 0.3 is 13.2 Å². The van der Waals surface area contributed by atoms with E-state index in [9.17, 15) is 14.0 Å². The Labute approximate surface area is 190 Å². The van der Waals surface area contributed by atoms with Gasteiger partial charge in [-0.2, -0.15) is 0 Å². The van der Waals surface area contributed by atoms with E-state index in [1.54, 1.807) is 26.8 Å². The Kier molecular flexibility index (Phi) is 6.39. The Morgan fingerprint density at radius 1 is 1.16 bits per heavy atom. The van der Waals surface area contributed by atoms with E-state index in [4.69, 9.17) is 14.0 Å². The van der Waals surface area contributed by atoms with Crippen molar-refractivity contribution in [2.45, 2.75) is 84.4 Å². The molecular formula is C23H34BFN2O5. The number of hydrogen-bond donors (Lipinski definition) is 1. The Hall–Kier alpha value is -2.13. The number of halogens is 1. The highest BCUT2D eigenvalue weighted by Gasteiger charge is 2.51. The molecule has 0 spiro atoms. The Morgan fingerprint density at radius 2 is 1.75 bits per heavy atom. The maximum atomic E-state index is 14.6. The quantitative estimate of drug-likeness (QED) is 0.720. The summed E-state index contributed by atoms with van der Waals surface area (Å²) in [5.74, 6) is -0.403. The highest BCUT2D eigenvalue weighted by Crippen LogP contribution is 2.36. The monoisotopic (exact) mass is 448 g/mol. The average molecular weight is 448 g/mol. The van der Waals surface area contributed by atoms with Crippen molar-refractivity contribution in [2.24, 2.45) is 0 Å². The molecule has 1 aromatic rings. The summed E-state index contributed by atoms with van der Waals surface area (Å²) >= 11 is 0. The number of aryl methyl sites for hydroxylation is 1. The summed E-state index contributed by atoms with van der Waals surface area (Å²) in [6.07, 6.45) is -1.96. The molecule has 0 bridgehead atoms. The van der Waals surface area contributed by atoms with Crippen molar-refractivity contribution in [1.29, 1.82) is 0 Å². The summed E-state index contributed by atoms with van der Waals surface area (Å²) in [5, 5.41) is 2.74. The summed E-state index contributed by atoms with van der Waals surface area (Å²) < 4.78 is 32.1. The van der Waals surface area contributed by atoms with Crippen LogP contribution in [-0.4, -0.2) is 66.1 Å². The van der Waals surface area contributed by atoms with Crippen LogP contribution in [0.3, 0.4) is 0 Å². The first-order chi connectivity index (χ1) is 14.6. The van der Waals surface area contributed by atoms with Gasteiger partial charge in [-0.3, -0.25) is 4.79 Å². The molecule has 2 fully saturated rings. The van der Waals surface area contributed by atoms with Crippen LogP contribution in [0.25, 0.3) is 0 Å². The molecular weight excluding hydrogens is 414 g/mol. The van der Waals surface area contributed by atoms with Gasteiger partial charge in [0.2, 0.25) is 0 Å². The molecule has 2 aliphatic rings. The molecule has 1 N–H and O–H groups in total. The van der Waals surface area contributed by atoms with Crippen molar-refractivity contribution in [1.82, 2.24) is 10.2 Å². The molecule has 2 aliphatic heterocycles. The number of carbonyl (C=O) groups excluding carboxylic acids is 2. The first kappa shape index (κ1) is 24.5. The minimum absolute atomic E-state index is 0.0534. The van der Waals surface area contributed by atoms with E-state index in [-0.39, 0.29) is 13.1 Å². The first-order valence-corrected chi connectivity index (χ1v) is 11.0. The molecule has 9 heteroatoms. The second-order valence-electron chi connectivity index (χ2n) is 10.6. The Bertz CT molecular complexity index is 883. The summed E-state index contributed by atoms with van der Waals surface area (Å²) in [6.45, 7) is 14.9. The number of benzene rings is 1. The predicted octanol–water partition coefficient (Wildman–Crippen LogP) is 2.98. The van der Waals surface area contributed by atoms with Crippen LogP contribution in [0.4, 0.5) is 9.18 Å². The minimum atomic E-state index is -1.38. The SMILES string of the molecule is Cc1ccc(B2OC(C)(C)C(C)(C)O2)cc1C(=O)N[C@@H]1CN(C(=O)OC(C)(C)C)C[C@@H]1F. The molecule has 176 valence electrons. The zero-order chi connectivity index (χ0) is 24.1. The van der Waals surface area contributed by atoms with Gasteiger partial charge in [-0.25, -0.2) is 9.18 Å². The van der Waals surface area contributed by atoms with Gasteiger partial charge in [-0.15, -0.1) is 0 Å². The van der Waals surface area contributed by atoms with Crippen molar-refractivity contribution >= 4 is 24.6 Å². The van der Waals surface area contributed by atoms with E-state index >= 15 is 0 Å². The Balaban J connectivity index is 1.71. The smallest absolute Gasteiger partial charge is 0.444 e. The van der Waals surface area contributed by atoms with E-state index in [0.717, 1.165) is 11.0 Å². The van der Waals surface area contributed by atoms with E-state index in [2.05, 4.69) is 5.32 Å². The zero-order valence-corrected chi connectivity index (χ0v) is 20.2. The maximum Gasteiger partial charge on any atom is 0.494 e. The van der Waals surface area contributed by atoms with Gasteiger partial charge in [0.1, 0.15) is 11.8 Å². The van der Waals surface area contributed by atoms with Crippen LogP contribution < -0.4 is 10.8 Å². The third kappa shape index (κ3) is 5.09. The number of ether oxygens (including phenoxy) is 1. The topological polar surface area (TPSA) is 77.1 Å². The van der Waals surface area contributed by atoms with Crippen LogP contribution >= 0.6 is 0 Å². The second kappa shape index (κ2) is 8.34. The van der Waals surface area contributed by atoms with Gasteiger partial charge in [0.25, 0.3) is 5.91 Å². The molecule has 2 heterocycles. The normalized spacial score (nSPS) is 24.5. The van der Waals surface area contributed by atoms with Crippen LogP contribution in [0.2, 0.25) is 0 Å². The molecule has 3 rings (SSSR count). The van der Waals surface area contributed by atoms with Crippen molar-refractivity contribution in [3.05, 3.63) is 29.3 Å². The number of rotatable bonds is 3. The molecule has 7 nitrogen and oxygen atoms in total. The number of carbonyl (C=O) groups is 2. The van der Waals surface area contributed by atoms with Gasteiger partial charge < -0.3 is 24.3 Å². The average Bonchev–Trinajstić information content (AvgIpc) is 3.10. The van der Waals surface area contributed by atoms with Gasteiger partial charge in [0.05, 0.1) is 23.8 Å². The van der Waals surface area contributed by atoms with Crippen molar-refractivity contribution in [2.75, 3.05) is 13.1 Å². The number of hydrogen-bond acceptors (Lipinski definition) is 5. The first-order valence-electron chi connectivity index (χ1n) is 11.0. The number of nitrogens with one attached hydrogen (secondary N) is 1. The van der Waals surface area contributed by atoms with Crippen LogP contribution in [0.5, 0.6) is 0 Å².